The minimum atomic E-state index is -0.215. The largest absolute Gasteiger partial charge is 0.322 e. The highest BCUT2D eigenvalue weighted by molar-refractivity contribution is 6.04. The lowest BCUT2D eigenvalue weighted by Crippen LogP contribution is -2.11. The number of aryl methyl sites for hydroxylation is 1. The lowest BCUT2D eigenvalue weighted by Gasteiger charge is -2.08. The summed E-state index contributed by atoms with van der Waals surface area (Å²) in [6.45, 7) is 0.930. The number of nitrogens with zero attached hydrogens (tertiary/aromatic N) is 4. The summed E-state index contributed by atoms with van der Waals surface area (Å²) in [5.41, 5.74) is 2.66. The highest BCUT2D eigenvalue weighted by Crippen LogP contribution is 2.25. The summed E-state index contributed by atoms with van der Waals surface area (Å²) in [4.78, 5) is 12.4. The summed E-state index contributed by atoms with van der Waals surface area (Å²) in [6, 6.07) is 16.2. The molecule has 0 bridgehead atoms. The van der Waals surface area contributed by atoms with E-state index in [1.807, 2.05) is 30.3 Å². The van der Waals surface area contributed by atoms with Gasteiger partial charge in [0.2, 0.25) is 0 Å². The zero-order valence-electron chi connectivity index (χ0n) is 13.4. The van der Waals surface area contributed by atoms with Crippen LogP contribution in [0.1, 0.15) is 28.2 Å². The number of hydrogen-bond donors (Lipinski definition) is 1. The van der Waals surface area contributed by atoms with Gasteiger partial charge in [-0.3, -0.25) is 4.79 Å². The molecule has 6 nitrogen and oxygen atoms in total. The van der Waals surface area contributed by atoms with Gasteiger partial charge in [0.1, 0.15) is 5.82 Å². The van der Waals surface area contributed by atoms with Gasteiger partial charge in [-0.1, -0.05) is 12.1 Å². The van der Waals surface area contributed by atoms with Gasteiger partial charge in [-0.15, -0.1) is 10.2 Å². The van der Waals surface area contributed by atoms with E-state index in [2.05, 4.69) is 20.1 Å². The molecule has 25 heavy (non-hydrogen) atoms. The van der Waals surface area contributed by atoms with Crippen molar-refractivity contribution in [3.05, 3.63) is 65.5 Å². The predicted octanol–water partition coefficient (Wildman–Crippen LogP) is 3.02. The van der Waals surface area contributed by atoms with Gasteiger partial charge < -0.3 is 9.88 Å². The lowest BCUT2D eigenvalue weighted by molar-refractivity contribution is 0.102. The van der Waals surface area contributed by atoms with Crippen LogP contribution in [-0.2, 0) is 13.0 Å². The lowest BCUT2D eigenvalue weighted by atomic mass is 10.1. The fraction of sp³-hybridized carbons (Fsp3) is 0.158. The Kier molecular flexibility index (Phi) is 3.75. The van der Waals surface area contributed by atoms with Crippen LogP contribution in [0, 0.1) is 11.3 Å². The highest BCUT2D eigenvalue weighted by Gasteiger charge is 2.18. The quantitative estimate of drug-likeness (QED) is 0.800. The van der Waals surface area contributed by atoms with E-state index in [1.165, 1.54) is 0 Å². The van der Waals surface area contributed by atoms with E-state index in [0.29, 0.717) is 16.8 Å². The van der Waals surface area contributed by atoms with E-state index < -0.39 is 0 Å². The molecule has 1 aromatic heterocycles. The first kappa shape index (κ1) is 15.1. The number of hydrogen-bond acceptors (Lipinski definition) is 4. The highest BCUT2D eigenvalue weighted by atomic mass is 16.1. The first-order valence-electron chi connectivity index (χ1n) is 8.08. The average Bonchev–Trinajstić information content (AvgIpc) is 3.25. The molecule has 0 atom stereocenters. The molecule has 0 unspecified atom stereocenters. The minimum Gasteiger partial charge on any atom is -0.322 e. The Morgan fingerprint density at radius 2 is 2.00 bits per heavy atom. The molecule has 1 aliphatic rings. The Labute approximate surface area is 144 Å². The van der Waals surface area contributed by atoms with Crippen LogP contribution in [0.3, 0.4) is 0 Å². The second kappa shape index (κ2) is 6.21. The fourth-order valence-corrected chi connectivity index (χ4v) is 3.00. The number of rotatable bonds is 3. The van der Waals surface area contributed by atoms with Crippen molar-refractivity contribution in [2.24, 2.45) is 0 Å². The normalized spacial score (nSPS) is 12.4. The topological polar surface area (TPSA) is 83.6 Å². The first-order chi connectivity index (χ1) is 12.2. The van der Waals surface area contributed by atoms with E-state index in [1.54, 1.807) is 24.3 Å². The van der Waals surface area contributed by atoms with Crippen molar-refractivity contribution in [1.29, 1.82) is 5.26 Å². The maximum absolute atomic E-state index is 12.4. The molecule has 0 spiro atoms. The van der Waals surface area contributed by atoms with Crippen LogP contribution in [-0.4, -0.2) is 20.7 Å². The summed E-state index contributed by atoms with van der Waals surface area (Å²) in [5, 5.41) is 20.2. The number of nitrogens with one attached hydrogen (secondary N) is 1. The van der Waals surface area contributed by atoms with Crippen LogP contribution in [0.25, 0.3) is 11.4 Å². The molecule has 3 aromatic rings. The molecule has 122 valence electrons. The van der Waals surface area contributed by atoms with E-state index in [-0.39, 0.29) is 5.91 Å². The Bertz CT molecular complexity index is 982. The SMILES string of the molecule is N#Cc1ccc(C(=O)Nc2cccc(-c3nnc4n3CCC4)c2)cc1. The molecule has 2 aromatic carbocycles. The van der Waals surface area contributed by atoms with Crippen LogP contribution in [0.2, 0.25) is 0 Å². The number of aromatic nitrogens is 3. The zero-order valence-corrected chi connectivity index (χ0v) is 13.4. The molecule has 4 rings (SSSR count). The van der Waals surface area contributed by atoms with Crippen molar-refractivity contribution >= 4 is 11.6 Å². The maximum atomic E-state index is 12.4. The average molecular weight is 329 g/mol. The number of carbonyl (C=O) groups is 1. The third kappa shape index (κ3) is 2.88. The molecule has 1 amide bonds. The van der Waals surface area contributed by atoms with Crippen LogP contribution in [0.4, 0.5) is 5.69 Å². The Morgan fingerprint density at radius 1 is 1.16 bits per heavy atom. The summed E-state index contributed by atoms with van der Waals surface area (Å²) in [6.07, 6.45) is 2.05. The first-order valence-corrected chi connectivity index (χ1v) is 8.08. The van der Waals surface area contributed by atoms with E-state index in [0.717, 1.165) is 36.6 Å². The van der Waals surface area contributed by atoms with Gasteiger partial charge in [-0.2, -0.15) is 5.26 Å². The van der Waals surface area contributed by atoms with Gasteiger partial charge >= 0.3 is 0 Å². The van der Waals surface area contributed by atoms with Gasteiger partial charge in [0, 0.05) is 29.8 Å². The number of anilines is 1. The van der Waals surface area contributed by atoms with Crippen molar-refractivity contribution in [3.63, 3.8) is 0 Å². The number of carbonyl (C=O) groups excluding carboxylic acids is 1. The van der Waals surface area contributed by atoms with Gasteiger partial charge in [0.05, 0.1) is 11.6 Å². The number of fused-ring (bicyclic) bond motifs is 1. The number of benzene rings is 2. The van der Waals surface area contributed by atoms with Crippen molar-refractivity contribution < 1.29 is 4.79 Å². The predicted molar refractivity (Wildman–Crippen MR) is 92.9 cm³/mol. The molecular formula is C19H15N5O. The maximum Gasteiger partial charge on any atom is 0.255 e. The molecule has 1 aliphatic heterocycles. The van der Waals surface area contributed by atoms with Gasteiger partial charge in [0.15, 0.2) is 5.82 Å². The van der Waals surface area contributed by atoms with Gasteiger partial charge in [-0.05, 0) is 42.8 Å². The molecule has 0 aliphatic carbocycles. The van der Waals surface area contributed by atoms with Crippen LogP contribution < -0.4 is 5.32 Å². The monoisotopic (exact) mass is 329 g/mol. The van der Waals surface area contributed by atoms with E-state index in [9.17, 15) is 4.79 Å². The zero-order chi connectivity index (χ0) is 17.2. The summed E-state index contributed by atoms with van der Waals surface area (Å²) in [5.74, 6) is 1.64. The third-order valence-corrected chi connectivity index (χ3v) is 4.26. The Balaban J connectivity index is 1.57. The molecule has 0 saturated carbocycles. The molecule has 0 saturated heterocycles. The number of nitriles is 1. The van der Waals surface area contributed by atoms with E-state index in [4.69, 9.17) is 5.26 Å². The second-order valence-corrected chi connectivity index (χ2v) is 5.92. The minimum absolute atomic E-state index is 0.215. The Hall–Kier alpha value is -3.46. The molecular weight excluding hydrogens is 314 g/mol. The van der Waals surface area contributed by atoms with Crippen LogP contribution in [0.15, 0.2) is 48.5 Å². The van der Waals surface area contributed by atoms with Crippen molar-refractivity contribution in [2.45, 2.75) is 19.4 Å². The molecule has 1 N–H and O–H groups in total. The van der Waals surface area contributed by atoms with Crippen molar-refractivity contribution in [2.75, 3.05) is 5.32 Å². The fourth-order valence-electron chi connectivity index (χ4n) is 3.00. The third-order valence-electron chi connectivity index (χ3n) is 4.26. The summed E-state index contributed by atoms with van der Waals surface area (Å²) < 4.78 is 2.13. The van der Waals surface area contributed by atoms with Crippen molar-refractivity contribution in [3.8, 4) is 17.5 Å². The second-order valence-electron chi connectivity index (χ2n) is 5.92. The smallest absolute Gasteiger partial charge is 0.255 e. The summed E-state index contributed by atoms with van der Waals surface area (Å²) >= 11 is 0. The van der Waals surface area contributed by atoms with E-state index >= 15 is 0 Å². The van der Waals surface area contributed by atoms with Crippen LogP contribution in [0.5, 0.6) is 0 Å². The number of amides is 1. The Morgan fingerprint density at radius 3 is 2.80 bits per heavy atom. The standard InChI is InChI=1S/C19H15N5O/c20-12-13-6-8-14(9-7-13)19(25)21-16-4-1-3-15(11-16)18-23-22-17-5-2-10-24(17)18/h1,3-4,6-9,11H,2,5,10H2,(H,21,25). The van der Waals surface area contributed by atoms with Gasteiger partial charge in [-0.25, -0.2) is 0 Å². The van der Waals surface area contributed by atoms with Crippen LogP contribution >= 0.6 is 0 Å². The molecule has 0 fully saturated rings. The summed E-state index contributed by atoms with van der Waals surface area (Å²) in [7, 11) is 0. The molecule has 6 heteroatoms. The molecule has 0 radical (unpaired) electrons. The molecule has 2 heterocycles. The van der Waals surface area contributed by atoms with Gasteiger partial charge in [0.25, 0.3) is 5.91 Å². The van der Waals surface area contributed by atoms with Crippen molar-refractivity contribution in [1.82, 2.24) is 14.8 Å².